The van der Waals surface area contributed by atoms with Gasteiger partial charge >= 0.3 is 0 Å². The Hall–Kier alpha value is -1.44. The highest BCUT2D eigenvalue weighted by Crippen LogP contribution is 2.28. The molecule has 2 saturated heterocycles. The molecule has 126 valence electrons. The third kappa shape index (κ3) is 3.13. The van der Waals surface area contributed by atoms with E-state index in [1.165, 1.54) is 4.31 Å². The molecule has 2 heterocycles. The van der Waals surface area contributed by atoms with Gasteiger partial charge in [-0.1, -0.05) is 18.2 Å². The average Bonchev–Trinajstić information content (AvgIpc) is 3.05. The zero-order valence-electron chi connectivity index (χ0n) is 13.3. The Labute approximate surface area is 137 Å². The summed E-state index contributed by atoms with van der Waals surface area (Å²) in [5.41, 5.74) is 0.706. The number of hydrogen-bond acceptors (Lipinski definition) is 4. The molecule has 0 N–H and O–H groups in total. The lowest BCUT2D eigenvalue weighted by molar-refractivity contribution is -0.138. The van der Waals surface area contributed by atoms with Gasteiger partial charge in [0.1, 0.15) is 6.04 Å². The van der Waals surface area contributed by atoms with Gasteiger partial charge in [-0.25, -0.2) is 8.42 Å². The van der Waals surface area contributed by atoms with Gasteiger partial charge in [0.2, 0.25) is 15.9 Å². The summed E-state index contributed by atoms with van der Waals surface area (Å²) in [5.74, 6) is -0.0945. The summed E-state index contributed by atoms with van der Waals surface area (Å²) < 4.78 is 32.6. The van der Waals surface area contributed by atoms with Crippen LogP contribution in [0.1, 0.15) is 18.4 Å². The predicted molar refractivity (Wildman–Crippen MR) is 85.5 cm³/mol. The van der Waals surface area contributed by atoms with Crippen molar-refractivity contribution in [3.05, 3.63) is 29.8 Å². The Bertz CT molecular complexity index is 683. The number of aryl methyl sites for hydroxylation is 1. The van der Waals surface area contributed by atoms with Gasteiger partial charge in [-0.3, -0.25) is 4.79 Å². The predicted octanol–water partition coefficient (Wildman–Crippen LogP) is 1.01. The van der Waals surface area contributed by atoms with Crippen molar-refractivity contribution in [2.75, 3.05) is 32.8 Å². The van der Waals surface area contributed by atoms with Crippen LogP contribution in [0.25, 0.3) is 0 Å². The monoisotopic (exact) mass is 338 g/mol. The maximum absolute atomic E-state index is 13.0. The fourth-order valence-corrected chi connectivity index (χ4v) is 5.12. The van der Waals surface area contributed by atoms with Crippen LogP contribution in [0.15, 0.2) is 29.2 Å². The molecule has 1 atom stereocenters. The molecule has 0 spiro atoms. The molecule has 2 aliphatic heterocycles. The van der Waals surface area contributed by atoms with Crippen molar-refractivity contribution in [3.8, 4) is 0 Å². The molecule has 0 saturated carbocycles. The molecule has 0 unspecified atom stereocenters. The van der Waals surface area contributed by atoms with Crippen LogP contribution in [-0.2, 0) is 19.6 Å². The SMILES string of the molecule is Cc1ccccc1S(=O)(=O)N1CCC[C@H]1C(=O)N1CCOCC1. The van der Waals surface area contributed by atoms with Gasteiger partial charge in [0, 0.05) is 19.6 Å². The van der Waals surface area contributed by atoms with Gasteiger partial charge in [0.25, 0.3) is 0 Å². The Morgan fingerprint density at radius 2 is 1.87 bits per heavy atom. The zero-order valence-corrected chi connectivity index (χ0v) is 14.1. The first-order valence-corrected chi connectivity index (χ1v) is 9.40. The number of amides is 1. The van der Waals surface area contributed by atoms with E-state index in [1.807, 2.05) is 6.07 Å². The summed E-state index contributed by atoms with van der Waals surface area (Å²) in [5, 5.41) is 0. The minimum absolute atomic E-state index is 0.0945. The second-order valence-corrected chi connectivity index (χ2v) is 7.84. The van der Waals surface area contributed by atoms with Crippen LogP contribution in [0.3, 0.4) is 0 Å². The first kappa shape index (κ1) is 16.4. The fraction of sp³-hybridized carbons (Fsp3) is 0.562. The van der Waals surface area contributed by atoms with Crippen molar-refractivity contribution in [1.29, 1.82) is 0 Å². The molecule has 0 bridgehead atoms. The molecule has 0 radical (unpaired) electrons. The lowest BCUT2D eigenvalue weighted by Crippen LogP contribution is -2.51. The number of carbonyl (C=O) groups excluding carboxylic acids is 1. The van der Waals surface area contributed by atoms with Crippen molar-refractivity contribution in [3.63, 3.8) is 0 Å². The number of ether oxygens (including phenoxy) is 1. The molecular weight excluding hydrogens is 316 g/mol. The second-order valence-electron chi connectivity index (χ2n) is 5.98. The first-order chi connectivity index (χ1) is 11.0. The van der Waals surface area contributed by atoms with E-state index in [0.717, 1.165) is 0 Å². The standard InChI is InChI=1S/C16H22N2O4S/c1-13-5-2-3-7-15(13)23(20,21)18-8-4-6-14(18)16(19)17-9-11-22-12-10-17/h2-3,5,7,14H,4,6,8-12H2,1H3/t14-/m0/s1. The number of hydrogen-bond donors (Lipinski definition) is 0. The van der Waals surface area contributed by atoms with Crippen LogP contribution >= 0.6 is 0 Å². The maximum atomic E-state index is 13.0. The molecule has 2 aliphatic rings. The molecule has 2 fully saturated rings. The molecule has 7 heteroatoms. The smallest absolute Gasteiger partial charge is 0.244 e. The molecule has 1 aromatic rings. The summed E-state index contributed by atoms with van der Waals surface area (Å²) >= 11 is 0. The summed E-state index contributed by atoms with van der Waals surface area (Å²) in [7, 11) is -3.65. The summed E-state index contributed by atoms with van der Waals surface area (Å²) in [6.07, 6.45) is 1.30. The van der Waals surface area contributed by atoms with Gasteiger partial charge in [-0.05, 0) is 31.4 Å². The summed E-state index contributed by atoms with van der Waals surface area (Å²) in [4.78, 5) is 14.8. The van der Waals surface area contributed by atoms with Crippen molar-refractivity contribution in [1.82, 2.24) is 9.21 Å². The highest BCUT2D eigenvalue weighted by atomic mass is 32.2. The molecule has 1 amide bonds. The van der Waals surface area contributed by atoms with Crippen LogP contribution in [0.2, 0.25) is 0 Å². The number of morpholine rings is 1. The quantitative estimate of drug-likeness (QED) is 0.825. The molecule has 1 aromatic carbocycles. The van der Waals surface area contributed by atoms with E-state index < -0.39 is 16.1 Å². The Morgan fingerprint density at radius 3 is 2.57 bits per heavy atom. The summed E-state index contributed by atoms with van der Waals surface area (Å²) in [6.45, 7) is 4.28. The van der Waals surface area contributed by atoms with Crippen LogP contribution in [0.4, 0.5) is 0 Å². The van der Waals surface area contributed by atoms with Crippen LogP contribution in [0.5, 0.6) is 0 Å². The zero-order chi connectivity index (χ0) is 16.4. The van der Waals surface area contributed by atoms with Crippen molar-refractivity contribution in [2.24, 2.45) is 0 Å². The second kappa shape index (κ2) is 6.59. The van der Waals surface area contributed by atoms with Crippen LogP contribution < -0.4 is 0 Å². The van der Waals surface area contributed by atoms with Crippen molar-refractivity contribution in [2.45, 2.75) is 30.7 Å². The van der Waals surface area contributed by atoms with Crippen molar-refractivity contribution >= 4 is 15.9 Å². The number of benzene rings is 1. The minimum atomic E-state index is -3.65. The molecule has 0 aliphatic carbocycles. The number of nitrogens with zero attached hydrogens (tertiary/aromatic N) is 2. The van der Waals surface area contributed by atoms with Gasteiger partial charge in [-0.15, -0.1) is 0 Å². The van der Waals surface area contributed by atoms with E-state index in [2.05, 4.69) is 0 Å². The first-order valence-electron chi connectivity index (χ1n) is 7.96. The third-order valence-corrected chi connectivity index (χ3v) is 6.56. The normalized spacial score (nSPS) is 23.2. The van der Waals surface area contributed by atoms with Gasteiger partial charge < -0.3 is 9.64 Å². The number of rotatable bonds is 3. The Morgan fingerprint density at radius 1 is 1.17 bits per heavy atom. The largest absolute Gasteiger partial charge is 0.378 e. The highest BCUT2D eigenvalue weighted by molar-refractivity contribution is 7.89. The third-order valence-electron chi connectivity index (χ3n) is 4.49. The average molecular weight is 338 g/mol. The van der Waals surface area contributed by atoms with E-state index in [0.29, 0.717) is 56.1 Å². The minimum Gasteiger partial charge on any atom is -0.378 e. The molecule has 3 rings (SSSR count). The Kier molecular flexibility index (Phi) is 4.70. The van der Waals surface area contributed by atoms with Crippen molar-refractivity contribution < 1.29 is 17.9 Å². The lowest BCUT2D eigenvalue weighted by atomic mass is 10.2. The molecule has 0 aromatic heterocycles. The van der Waals surface area contributed by atoms with E-state index in [1.54, 1.807) is 30.0 Å². The van der Waals surface area contributed by atoms with Crippen LogP contribution in [0, 0.1) is 6.92 Å². The molecule has 6 nitrogen and oxygen atoms in total. The molecule has 23 heavy (non-hydrogen) atoms. The number of sulfonamides is 1. The topological polar surface area (TPSA) is 66.9 Å². The van der Waals surface area contributed by atoms with E-state index in [4.69, 9.17) is 4.74 Å². The number of carbonyl (C=O) groups is 1. The van der Waals surface area contributed by atoms with Gasteiger partial charge in [-0.2, -0.15) is 4.31 Å². The summed E-state index contributed by atoms with van der Waals surface area (Å²) in [6, 6.07) is 6.34. The lowest BCUT2D eigenvalue weighted by Gasteiger charge is -2.32. The van der Waals surface area contributed by atoms with E-state index >= 15 is 0 Å². The van der Waals surface area contributed by atoms with Crippen LogP contribution in [-0.4, -0.2) is 62.4 Å². The Balaban J connectivity index is 1.86. The maximum Gasteiger partial charge on any atom is 0.244 e. The molecular formula is C16H22N2O4S. The fourth-order valence-electron chi connectivity index (χ4n) is 3.24. The van der Waals surface area contributed by atoms with Gasteiger partial charge in [0.15, 0.2) is 0 Å². The van der Waals surface area contributed by atoms with Gasteiger partial charge in [0.05, 0.1) is 18.1 Å². The van der Waals surface area contributed by atoms with E-state index in [-0.39, 0.29) is 5.91 Å². The highest BCUT2D eigenvalue weighted by Gasteiger charge is 2.41. The van der Waals surface area contributed by atoms with E-state index in [9.17, 15) is 13.2 Å².